The highest BCUT2D eigenvalue weighted by Gasteiger charge is 2.18. The summed E-state index contributed by atoms with van der Waals surface area (Å²) in [6.45, 7) is 6.37. The molecule has 0 atom stereocenters. The van der Waals surface area contributed by atoms with Gasteiger partial charge in [-0.1, -0.05) is 18.9 Å². The van der Waals surface area contributed by atoms with Crippen molar-refractivity contribution in [3.05, 3.63) is 48.0 Å². The molecule has 146 valence electrons. The first kappa shape index (κ1) is 20.1. The average molecular weight is 396 g/mol. The summed E-state index contributed by atoms with van der Waals surface area (Å²) in [6, 6.07) is 16.2. The SMILES string of the molecule is CCSNCCOc1ccc(-c2c(C#N)c3ccc(OC)cc3n2CC)cc1. The third-order valence-corrected chi connectivity index (χ3v) is 5.24. The van der Waals surface area contributed by atoms with Crippen LogP contribution in [0.1, 0.15) is 19.4 Å². The second-order valence-corrected chi connectivity index (χ2v) is 7.32. The number of methoxy groups -OCH3 is 1. The Hall–Kier alpha value is -2.62. The number of nitrogens with one attached hydrogen (secondary N) is 1. The Bertz CT molecular complexity index is 974. The maximum absolute atomic E-state index is 9.83. The van der Waals surface area contributed by atoms with Crippen molar-refractivity contribution in [3.8, 4) is 28.8 Å². The van der Waals surface area contributed by atoms with E-state index in [1.165, 1.54) is 0 Å². The van der Waals surface area contributed by atoms with Crippen molar-refractivity contribution in [1.82, 2.24) is 9.29 Å². The maximum atomic E-state index is 9.83. The van der Waals surface area contributed by atoms with Gasteiger partial charge < -0.3 is 14.0 Å². The molecule has 0 bridgehead atoms. The standard InChI is InChI=1S/C22H25N3O2S/c1-4-25-21-14-18(26-3)10-11-19(21)20(15-23)22(25)16-6-8-17(9-7-16)27-13-12-24-28-5-2/h6-11,14,24H,4-5,12-13H2,1-3H3. The van der Waals surface area contributed by atoms with E-state index in [1.807, 2.05) is 42.5 Å². The Morgan fingerprint density at radius 2 is 1.86 bits per heavy atom. The van der Waals surface area contributed by atoms with Crippen molar-refractivity contribution in [1.29, 1.82) is 5.26 Å². The Morgan fingerprint density at radius 3 is 2.50 bits per heavy atom. The third kappa shape index (κ3) is 4.11. The fourth-order valence-electron chi connectivity index (χ4n) is 3.29. The molecule has 0 fully saturated rings. The summed E-state index contributed by atoms with van der Waals surface area (Å²) in [5.74, 6) is 2.65. The molecule has 3 aromatic rings. The van der Waals surface area contributed by atoms with Crippen molar-refractivity contribution in [2.45, 2.75) is 20.4 Å². The molecule has 0 saturated heterocycles. The van der Waals surface area contributed by atoms with E-state index in [2.05, 4.69) is 29.2 Å². The second kappa shape index (κ2) is 9.54. The number of nitrogens with zero attached hydrogens (tertiary/aromatic N) is 2. The molecule has 2 aromatic carbocycles. The smallest absolute Gasteiger partial charge is 0.120 e. The van der Waals surface area contributed by atoms with Crippen LogP contribution < -0.4 is 14.2 Å². The van der Waals surface area contributed by atoms with Gasteiger partial charge in [0.05, 0.1) is 23.9 Å². The van der Waals surface area contributed by atoms with Crippen molar-refractivity contribution >= 4 is 22.9 Å². The minimum Gasteiger partial charge on any atom is -0.497 e. The van der Waals surface area contributed by atoms with E-state index in [4.69, 9.17) is 9.47 Å². The topological polar surface area (TPSA) is 59.2 Å². The van der Waals surface area contributed by atoms with Crippen LogP contribution >= 0.6 is 11.9 Å². The lowest BCUT2D eigenvalue weighted by Crippen LogP contribution is -2.14. The molecule has 0 aliphatic heterocycles. The van der Waals surface area contributed by atoms with Gasteiger partial charge >= 0.3 is 0 Å². The van der Waals surface area contributed by atoms with Gasteiger partial charge in [-0.25, -0.2) is 0 Å². The van der Waals surface area contributed by atoms with Crippen LogP contribution in [0.25, 0.3) is 22.2 Å². The first-order chi connectivity index (χ1) is 13.7. The maximum Gasteiger partial charge on any atom is 0.120 e. The number of fused-ring (bicyclic) bond motifs is 1. The molecule has 0 radical (unpaired) electrons. The molecule has 0 unspecified atom stereocenters. The Kier molecular flexibility index (Phi) is 6.85. The number of aromatic nitrogens is 1. The Labute approximate surface area is 170 Å². The summed E-state index contributed by atoms with van der Waals surface area (Å²) in [7, 11) is 1.65. The summed E-state index contributed by atoms with van der Waals surface area (Å²) in [4.78, 5) is 0. The largest absolute Gasteiger partial charge is 0.497 e. The minimum absolute atomic E-state index is 0.616. The lowest BCUT2D eigenvalue weighted by molar-refractivity contribution is 0.324. The number of hydrogen-bond acceptors (Lipinski definition) is 5. The number of benzene rings is 2. The minimum atomic E-state index is 0.616. The first-order valence-electron chi connectivity index (χ1n) is 9.41. The summed E-state index contributed by atoms with van der Waals surface area (Å²) in [6.07, 6.45) is 0. The van der Waals surface area contributed by atoms with E-state index in [0.29, 0.717) is 12.2 Å². The van der Waals surface area contributed by atoms with Crippen LogP contribution in [-0.2, 0) is 6.54 Å². The first-order valence-corrected chi connectivity index (χ1v) is 10.4. The summed E-state index contributed by atoms with van der Waals surface area (Å²) >= 11 is 1.68. The highest BCUT2D eigenvalue weighted by atomic mass is 32.2. The second-order valence-electron chi connectivity index (χ2n) is 6.16. The lowest BCUT2D eigenvalue weighted by Gasteiger charge is -2.11. The Morgan fingerprint density at radius 1 is 1.11 bits per heavy atom. The van der Waals surface area contributed by atoms with Gasteiger partial charge in [-0.3, -0.25) is 4.72 Å². The predicted octanol–water partition coefficient (Wildman–Crippen LogP) is 4.84. The van der Waals surface area contributed by atoms with Gasteiger partial charge in [0.25, 0.3) is 0 Å². The molecular formula is C22H25N3O2S. The summed E-state index contributed by atoms with van der Waals surface area (Å²) in [5, 5.41) is 10.8. The van der Waals surface area contributed by atoms with Crippen molar-refractivity contribution in [2.75, 3.05) is 26.0 Å². The van der Waals surface area contributed by atoms with Crippen molar-refractivity contribution < 1.29 is 9.47 Å². The number of rotatable bonds is 9. The van der Waals surface area contributed by atoms with Gasteiger partial charge in [0.15, 0.2) is 0 Å². The molecule has 0 saturated carbocycles. The fourth-order valence-corrected chi connectivity index (χ4v) is 3.72. The van der Waals surface area contributed by atoms with Gasteiger partial charge in [-0.05, 0) is 48.9 Å². The van der Waals surface area contributed by atoms with Gasteiger partial charge in [0.1, 0.15) is 24.2 Å². The van der Waals surface area contributed by atoms with Gasteiger partial charge in [0.2, 0.25) is 0 Å². The molecule has 1 heterocycles. The monoisotopic (exact) mass is 395 g/mol. The van der Waals surface area contributed by atoms with E-state index in [1.54, 1.807) is 19.1 Å². The summed E-state index contributed by atoms with van der Waals surface area (Å²) in [5.41, 5.74) is 3.63. The number of aryl methyl sites for hydroxylation is 1. The van der Waals surface area contributed by atoms with Gasteiger partial charge in [-0.2, -0.15) is 5.26 Å². The molecule has 0 aliphatic rings. The van der Waals surface area contributed by atoms with Crippen LogP contribution in [0.3, 0.4) is 0 Å². The molecule has 1 aromatic heterocycles. The van der Waals surface area contributed by atoms with E-state index < -0.39 is 0 Å². The average Bonchev–Trinajstić information content (AvgIpc) is 3.06. The highest BCUT2D eigenvalue weighted by molar-refractivity contribution is 7.97. The van der Waals surface area contributed by atoms with Gasteiger partial charge in [0, 0.05) is 30.3 Å². The quantitative estimate of drug-likeness (QED) is 0.415. The van der Waals surface area contributed by atoms with Crippen LogP contribution in [0, 0.1) is 11.3 Å². The lowest BCUT2D eigenvalue weighted by atomic mass is 10.1. The van der Waals surface area contributed by atoms with Crippen LogP contribution in [0.4, 0.5) is 0 Å². The van der Waals surface area contributed by atoms with Crippen molar-refractivity contribution in [2.24, 2.45) is 0 Å². The molecule has 0 aliphatic carbocycles. The van der Waals surface area contributed by atoms with E-state index in [0.717, 1.165) is 52.5 Å². The molecule has 5 nitrogen and oxygen atoms in total. The molecule has 0 amide bonds. The third-order valence-electron chi connectivity index (χ3n) is 4.55. The molecule has 0 spiro atoms. The number of ether oxygens (including phenoxy) is 2. The van der Waals surface area contributed by atoms with Crippen molar-refractivity contribution in [3.63, 3.8) is 0 Å². The number of nitriles is 1. The van der Waals surface area contributed by atoms with Crippen LogP contribution in [0.5, 0.6) is 11.5 Å². The zero-order valence-corrected chi connectivity index (χ0v) is 17.3. The van der Waals surface area contributed by atoms with E-state index >= 15 is 0 Å². The zero-order valence-electron chi connectivity index (χ0n) is 16.5. The highest BCUT2D eigenvalue weighted by Crippen LogP contribution is 2.35. The zero-order chi connectivity index (χ0) is 19.9. The normalized spacial score (nSPS) is 10.8. The predicted molar refractivity (Wildman–Crippen MR) is 116 cm³/mol. The molecule has 3 rings (SSSR count). The van der Waals surface area contributed by atoms with Gasteiger partial charge in [-0.15, -0.1) is 0 Å². The molecular weight excluding hydrogens is 370 g/mol. The van der Waals surface area contributed by atoms with E-state index in [9.17, 15) is 5.26 Å². The van der Waals surface area contributed by atoms with Crippen LogP contribution in [0.2, 0.25) is 0 Å². The van der Waals surface area contributed by atoms with Crippen LogP contribution in [0.15, 0.2) is 42.5 Å². The van der Waals surface area contributed by atoms with Crippen LogP contribution in [-0.4, -0.2) is 30.6 Å². The Balaban J connectivity index is 1.91. The molecule has 28 heavy (non-hydrogen) atoms. The summed E-state index contributed by atoms with van der Waals surface area (Å²) < 4.78 is 16.6. The molecule has 1 N–H and O–H groups in total. The molecule has 6 heteroatoms. The number of hydrogen-bond donors (Lipinski definition) is 1. The van der Waals surface area contributed by atoms with E-state index in [-0.39, 0.29) is 0 Å². The fraction of sp³-hybridized carbons (Fsp3) is 0.318.